The van der Waals surface area contributed by atoms with Gasteiger partial charge in [0.25, 0.3) is 11.5 Å². The van der Waals surface area contributed by atoms with Crippen molar-refractivity contribution in [1.29, 1.82) is 0 Å². The number of pyridine rings is 1. The average Bonchev–Trinajstić information content (AvgIpc) is 2.98. The van der Waals surface area contributed by atoms with Crippen molar-refractivity contribution in [2.75, 3.05) is 11.9 Å². The Morgan fingerprint density at radius 3 is 2.33 bits per heavy atom. The van der Waals surface area contributed by atoms with Gasteiger partial charge in [-0.15, -0.1) is 0 Å². The van der Waals surface area contributed by atoms with Crippen LogP contribution < -0.4 is 20.3 Å². The van der Waals surface area contributed by atoms with Gasteiger partial charge in [-0.05, 0) is 94.6 Å². The Hall–Kier alpha value is -4.76. The first-order valence-electron chi connectivity index (χ1n) is 13.1. The first-order valence-corrected chi connectivity index (χ1v) is 13.8. The smallest absolute Gasteiger partial charge is 0.271 e. The molecule has 0 fully saturated rings. The zero-order chi connectivity index (χ0) is 29.6. The number of hydrogen-bond acceptors (Lipinski definition) is 4. The first kappa shape index (κ1) is 28.8. The summed E-state index contributed by atoms with van der Waals surface area (Å²) in [4.78, 5) is 26.6. The fourth-order valence-corrected chi connectivity index (χ4v) is 4.84. The van der Waals surface area contributed by atoms with E-state index >= 15 is 4.39 Å². The van der Waals surface area contributed by atoms with Crippen molar-refractivity contribution in [3.8, 4) is 28.3 Å². The number of anilines is 1. The van der Waals surface area contributed by atoms with Crippen LogP contribution in [0.2, 0.25) is 0 Å². The standard InChI is InChI=1S/C33H25BrF2N2O4/c1-2-41-30-16-17-38(25-12-9-23(35)10-13-25)33(40)31(30)32(39)37-24-11-14-26(28(36)19-24)22-8-15-29(27(34)18-22)42-20-21-6-4-3-5-7-21/h3-19H,2,20H2,1H3,(H,37,39). The molecule has 0 unspecified atom stereocenters. The first-order chi connectivity index (χ1) is 20.3. The van der Waals surface area contributed by atoms with Gasteiger partial charge >= 0.3 is 0 Å². The second-order valence-electron chi connectivity index (χ2n) is 9.21. The van der Waals surface area contributed by atoms with Gasteiger partial charge in [0.1, 0.15) is 35.3 Å². The van der Waals surface area contributed by atoms with Crippen molar-refractivity contribution < 1.29 is 23.0 Å². The van der Waals surface area contributed by atoms with Crippen molar-refractivity contribution in [3.05, 3.63) is 141 Å². The van der Waals surface area contributed by atoms with Crippen LogP contribution in [0.25, 0.3) is 16.8 Å². The number of carbonyl (C=O) groups is 1. The van der Waals surface area contributed by atoms with Crippen LogP contribution >= 0.6 is 15.9 Å². The predicted octanol–water partition coefficient (Wildman–Crippen LogP) is 7.78. The third kappa shape index (κ3) is 6.42. The van der Waals surface area contributed by atoms with E-state index in [1.54, 1.807) is 37.3 Å². The SMILES string of the molecule is CCOc1ccn(-c2ccc(F)cc2)c(=O)c1C(=O)Nc1ccc(-c2ccc(OCc3ccccc3)c(Br)c2)c(F)c1. The minimum absolute atomic E-state index is 0.0786. The molecule has 1 amide bonds. The molecule has 6 nitrogen and oxygen atoms in total. The molecule has 0 saturated heterocycles. The van der Waals surface area contributed by atoms with E-state index in [-0.39, 0.29) is 23.6 Å². The van der Waals surface area contributed by atoms with E-state index < -0.39 is 23.1 Å². The summed E-state index contributed by atoms with van der Waals surface area (Å²) in [6, 6.07) is 26.0. The van der Waals surface area contributed by atoms with Crippen molar-refractivity contribution in [2.24, 2.45) is 0 Å². The van der Waals surface area contributed by atoms with Crippen LogP contribution in [0, 0.1) is 11.6 Å². The number of halogens is 3. The molecular formula is C33H25BrF2N2O4. The molecule has 0 saturated carbocycles. The number of aromatic nitrogens is 1. The average molecular weight is 631 g/mol. The molecule has 9 heteroatoms. The van der Waals surface area contributed by atoms with Crippen LogP contribution in [0.1, 0.15) is 22.8 Å². The lowest BCUT2D eigenvalue weighted by Gasteiger charge is -2.14. The molecular weight excluding hydrogens is 606 g/mol. The third-order valence-corrected chi connectivity index (χ3v) is 7.01. The van der Waals surface area contributed by atoms with E-state index in [9.17, 15) is 14.0 Å². The highest BCUT2D eigenvalue weighted by Gasteiger charge is 2.21. The van der Waals surface area contributed by atoms with Gasteiger partial charge in [0, 0.05) is 23.1 Å². The van der Waals surface area contributed by atoms with Crippen molar-refractivity contribution >= 4 is 27.5 Å². The number of rotatable bonds is 9. The zero-order valence-electron chi connectivity index (χ0n) is 22.4. The molecule has 1 heterocycles. The van der Waals surface area contributed by atoms with Gasteiger partial charge in [0.05, 0.1) is 11.1 Å². The van der Waals surface area contributed by atoms with Gasteiger partial charge in [0.2, 0.25) is 0 Å². The summed E-state index contributed by atoms with van der Waals surface area (Å²) < 4.78 is 42.0. The molecule has 5 rings (SSSR count). The van der Waals surface area contributed by atoms with E-state index in [4.69, 9.17) is 9.47 Å². The van der Waals surface area contributed by atoms with Crippen LogP contribution in [-0.2, 0) is 6.61 Å². The fraction of sp³-hybridized carbons (Fsp3) is 0.0909. The second kappa shape index (κ2) is 12.8. The molecule has 1 N–H and O–H groups in total. The molecule has 212 valence electrons. The molecule has 0 atom stereocenters. The lowest BCUT2D eigenvalue weighted by atomic mass is 10.0. The van der Waals surface area contributed by atoms with E-state index in [0.29, 0.717) is 33.6 Å². The van der Waals surface area contributed by atoms with E-state index in [1.807, 2.05) is 30.3 Å². The van der Waals surface area contributed by atoms with Crippen LogP contribution in [0.3, 0.4) is 0 Å². The minimum Gasteiger partial charge on any atom is -0.493 e. The van der Waals surface area contributed by atoms with E-state index in [1.165, 1.54) is 47.2 Å². The maximum absolute atomic E-state index is 15.3. The zero-order valence-corrected chi connectivity index (χ0v) is 24.0. The maximum atomic E-state index is 15.3. The second-order valence-corrected chi connectivity index (χ2v) is 10.1. The van der Waals surface area contributed by atoms with Gasteiger partial charge in [-0.25, -0.2) is 8.78 Å². The van der Waals surface area contributed by atoms with Gasteiger partial charge in [-0.2, -0.15) is 0 Å². The van der Waals surface area contributed by atoms with Gasteiger partial charge in [-0.1, -0.05) is 36.4 Å². The molecule has 4 aromatic carbocycles. The summed E-state index contributed by atoms with van der Waals surface area (Å²) in [5.74, 6) is -1.10. The van der Waals surface area contributed by atoms with Crippen LogP contribution in [-0.4, -0.2) is 17.1 Å². The van der Waals surface area contributed by atoms with Gasteiger partial charge in [-0.3, -0.25) is 14.2 Å². The number of hydrogen-bond donors (Lipinski definition) is 1. The Kier molecular flexibility index (Phi) is 8.78. The molecule has 5 aromatic rings. The lowest BCUT2D eigenvalue weighted by molar-refractivity contribution is 0.102. The molecule has 0 spiro atoms. The third-order valence-electron chi connectivity index (χ3n) is 6.39. The molecule has 0 aliphatic carbocycles. The normalized spacial score (nSPS) is 10.8. The highest BCUT2D eigenvalue weighted by molar-refractivity contribution is 9.10. The summed E-state index contributed by atoms with van der Waals surface area (Å²) in [6.07, 6.45) is 1.45. The van der Waals surface area contributed by atoms with Crippen molar-refractivity contribution in [1.82, 2.24) is 4.57 Å². The Morgan fingerprint density at radius 2 is 1.64 bits per heavy atom. The van der Waals surface area contributed by atoms with Crippen LogP contribution in [0.15, 0.2) is 113 Å². The summed E-state index contributed by atoms with van der Waals surface area (Å²) in [5, 5.41) is 2.60. The number of nitrogens with zero attached hydrogens (tertiary/aromatic N) is 1. The number of ether oxygens (including phenoxy) is 2. The highest BCUT2D eigenvalue weighted by Crippen LogP contribution is 2.33. The number of nitrogens with one attached hydrogen (secondary N) is 1. The Balaban J connectivity index is 1.36. The number of benzene rings is 4. The molecule has 0 aliphatic rings. The van der Waals surface area contributed by atoms with Crippen LogP contribution in [0.4, 0.5) is 14.5 Å². The van der Waals surface area contributed by atoms with E-state index in [0.717, 1.165) is 5.56 Å². The molecule has 0 radical (unpaired) electrons. The Morgan fingerprint density at radius 1 is 0.881 bits per heavy atom. The molecule has 0 bridgehead atoms. The summed E-state index contributed by atoms with van der Waals surface area (Å²) in [5.41, 5.74) is 1.55. The van der Waals surface area contributed by atoms with E-state index in [2.05, 4.69) is 21.2 Å². The topological polar surface area (TPSA) is 69.6 Å². The van der Waals surface area contributed by atoms with Gasteiger partial charge < -0.3 is 14.8 Å². The maximum Gasteiger partial charge on any atom is 0.271 e. The van der Waals surface area contributed by atoms with Crippen LogP contribution in [0.5, 0.6) is 11.5 Å². The lowest BCUT2D eigenvalue weighted by Crippen LogP contribution is -2.29. The number of amides is 1. The summed E-state index contributed by atoms with van der Waals surface area (Å²) >= 11 is 3.50. The van der Waals surface area contributed by atoms with Gasteiger partial charge in [0.15, 0.2) is 0 Å². The monoisotopic (exact) mass is 630 g/mol. The predicted molar refractivity (Wildman–Crippen MR) is 161 cm³/mol. The Labute approximate surface area is 249 Å². The highest BCUT2D eigenvalue weighted by atomic mass is 79.9. The summed E-state index contributed by atoms with van der Waals surface area (Å²) in [6.45, 7) is 2.33. The largest absolute Gasteiger partial charge is 0.493 e. The van der Waals surface area contributed by atoms with Crippen molar-refractivity contribution in [2.45, 2.75) is 13.5 Å². The molecule has 1 aromatic heterocycles. The molecule has 42 heavy (non-hydrogen) atoms. The molecule has 0 aliphatic heterocycles. The fourth-order valence-electron chi connectivity index (χ4n) is 4.35. The van der Waals surface area contributed by atoms with Crippen molar-refractivity contribution in [3.63, 3.8) is 0 Å². The minimum atomic E-state index is -0.769. The quantitative estimate of drug-likeness (QED) is 0.181. The number of carbonyl (C=O) groups excluding carboxylic acids is 1. The Bertz CT molecular complexity index is 1790. The summed E-state index contributed by atoms with van der Waals surface area (Å²) in [7, 11) is 0.